The van der Waals surface area contributed by atoms with Crippen LogP contribution in [0.5, 0.6) is 0 Å². The van der Waals surface area contributed by atoms with Crippen molar-refractivity contribution in [3.63, 3.8) is 0 Å². The van der Waals surface area contributed by atoms with Gasteiger partial charge in [-0.15, -0.1) is 6.58 Å². The summed E-state index contributed by atoms with van der Waals surface area (Å²) in [5, 5.41) is 0. The first-order valence-corrected chi connectivity index (χ1v) is 8.26. The van der Waals surface area contributed by atoms with Gasteiger partial charge < -0.3 is 0 Å². The topological polar surface area (TPSA) is 46.2 Å². The summed E-state index contributed by atoms with van der Waals surface area (Å²) in [5.41, 5.74) is -1.46. The van der Waals surface area contributed by atoms with Crippen LogP contribution in [0.25, 0.3) is 0 Å². The Labute approximate surface area is 129 Å². The summed E-state index contributed by atoms with van der Waals surface area (Å²) in [4.78, 5) is -0.358. The van der Waals surface area contributed by atoms with Crippen molar-refractivity contribution in [2.45, 2.75) is 50.2 Å². The van der Waals surface area contributed by atoms with Gasteiger partial charge in [-0.1, -0.05) is 19.1 Å². The second-order valence-corrected chi connectivity index (χ2v) is 7.31. The number of halogens is 3. The molecule has 0 saturated heterocycles. The van der Waals surface area contributed by atoms with Crippen molar-refractivity contribution in [3.05, 3.63) is 42.0 Å². The maximum atomic E-state index is 12.8. The number of allylic oxidation sites excluding steroid dienone is 1. The summed E-state index contributed by atoms with van der Waals surface area (Å²) in [7, 11) is -4.06. The van der Waals surface area contributed by atoms with Gasteiger partial charge in [-0.05, 0) is 44.4 Å². The second-order valence-electron chi connectivity index (χ2n) is 5.66. The van der Waals surface area contributed by atoms with Gasteiger partial charge in [0.25, 0.3) is 0 Å². The first kappa shape index (κ1) is 18.7. The van der Waals surface area contributed by atoms with Gasteiger partial charge in [0.1, 0.15) is 0 Å². The summed E-state index contributed by atoms with van der Waals surface area (Å²) in [6.07, 6.45) is -2.48. The maximum Gasteiger partial charge on any atom is 0.416 e. The predicted molar refractivity (Wildman–Crippen MR) is 80.0 cm³/mol. The third-order valence-corrected chi connectivity index (χ3v) is 5.12. The normalized spacial score (nSPS) is 13.2. The molecule has 0 aliphatic carbocycles. The summed E-state index contributed by atoms with van der Waals surface area (Å²) >= 11 is 0. The molecule has 1 N–H and O–H groups in total. The highest BCUT2D eigenvalue weighted by Gasteiger charge is 2.33. The monoisotopic (exact) mass is 335 g/mol. The fraction of sp³-hybridized carbons (Fsp3) is 0.467. The van der Waals surface area contributed by atoms with Crippen molar-refractivity contribution < 1.29 is 21.6 Å². The van der Waals surface area contributed by atoms with Gasteiger partial charge in [0.15, 0.2) is 0 Å². The first-order valence-electron chi connectivity index (χ1n) is 6.78. The number of sulfonamides is 1. The summed E-state index contributed by atoms with van der Waals surface area (Å²) in [6.45, 7) is 8.64. The van der Waals surface area contributed by atoms with E-state index in [0.29, 0.717) is 12.5 Å². The molecule has 0 bridgehead atoms. The largest absolute Gasteiger partial charge is 0.416 e. The molecule has 0 atom stereocenters. The van der Waals surface area contributed by atoms with E-state index >= 15 is 0 Å². The molecule has 0 aliphatic heterocycles. The molecular weight excluding hydrogens is 315 g/mol. The standard InChI is InChI=1S/C15H20F3NO2S/c1-5-7-11-8-9-12(15(16,17)18)10-13(11)22(20,21)19-14(3,4)6-2/h5,8-10,19H,1,6-7H2,2-4H3. The zero-order chi connectivity index (χ0) is 17.2. The van der Waals surface area contributed by atoms with Crippen molar-refractivity contribution in [2.24, 2.45) is 0 Å². The number of rotatable bonds is 6. The van der Waals surface area contributed by atoms with E-state index in [1.165, 1.54) is 12.1 Å². The summed E-state index contributed by atoms with van der Waals surface area (Å²) in [5.74, 6) is 0. The van der Waals surface area contributed by atoms with Gasteiger partial charge in [-0.3, -0.25) is 0 Å². The van der Waals surface area contributed by atoms with E-state index in [4.69, 9.17) is 0 Å². The van der Waals surface area contributed by atoms with Gasteiger partial charge >= 0.3 is 6.18 Å². The molecule has 3 nitrogen and oxygen atoms in total. The molecule has 0 spiro atoms. The molecule has 7 heteroatoms. The van der Waals surface area contributed by atoms with Crippen molar-refractivity contribution in [1.29, 1.82) is 0 Å². The number of hydrogen-bond donors (Lipinski definition) is 1. The molecule has 1 aromatic carbocycles. The number of alkyl halides is 3. The van der Waals surface area contributed by atoms with E-state index < -0.39 is 27.3 Å². The van der Waals surface area contributed by atoms with E-state index in [-0.39, 0.29) is 16.9 Å². The van der Waals surface area contributed by atoms with Gasteiger partial charge in [0, 0.05) is 5.54 Å². The maximum absolute atomic E-state index is 12.8. The molecule has 124 valence electrons. The van der Waals surface area contributed by atoms with E-state index in [2.05, 4.69) is 11.3 Å². The van der Waals surface area contributed by atoms with Crippen LogP contribution in [0.1, 0.15) is 38.3 Å². The van der Waals surface area contributed by atoms with Crippen LogP contribution in [0.3, 0.4) is 0 Å². The van der Waals surface area contributed by atoms with Crippen LogP contribution in [-0.4, -0.2) is 14.0 Å². The quantitative estimate of drug-likeness (QED) is 0.802. The smallest absolute Gasteiger partial charge is 0.207 e. The highest BCUT2D eigenvalue weighted by molar-refractivity contribution is 7.89. The Morgan fingerprint density at radius 1 is 1.27 bits per heavy atom. The van der Waals surface area contributed by atoms with E-state index in [1.807, 2.05) is 0 Å². The van der Waals surface area contributed by atoms with Crippen LogP contribution in [0.2, 0.25) is 0 Å². The minimum Gasteiger partial charge on any atom is -0.207 e. The van der Waals surface area contributed by atoms with Crippen molar-refractivity contribution in [2.75, 3.05) is 0 Å². The lowest BCUT2D eigenvalue weighted by molar-refractivity contribution is -0.137. The van der Waals surface area contributed by atoms with E-state index in [0.717, 1.165) is 6.07 Å². The lowest BCUT2D eigenvalue weighted by Gasteiger charge is -2.25. The Hall–Kier alpha value is -1.34. The average molecular weight is 335 g/mol. The molecule has 1 aromatic rings. The highest BCUT2D eigenvalue weighted by Crippen LogP contribution is 2.32. The van der Waals surface area contributed by atoms with Crippen LogP contribution in [0.4, 0.5) is 13.2 Å². The number of benzene rings is 1. The Kier molecular flexibility index (Phi) is 5.46. The second kappa shape index (κ2) is 6.42. The fourth-order valence-corrected chi connectivity index (χ4v) is 3.56. The molecule has 0 amide bonds. The zero-order valence-electron chi connectivity index (χ0n) is 12.8. The minimum atomic E-state index is -4.60. The third kappa shape index (κ3) is 4.58. The molecule has 0 fully saturated rings. The summed E-state index contributed by atoms with van der Waals surface area (Å²) in [6, 6.07) is 2.73. The van der Waals surface area contributed by atoms with Gasteiger partial charge in [-0.25, -0.2) is 13.1 Å². The van der Waals surface area contributed by atoms with E-state index in [9.17, 15) is 21.6 Å². The lowest BCUT2D eigenvalue weighted by Crippen LogP contribution is -2.43. The minimum absolute atomic E-state index is 0.168. The Balaban J connectivity index is 3.44. The lowest BCUT2D eigenvalue weighted by atomic mass is 10.0. The molecule has 1 rings (SSSR count). The molecule has 0 aromatic heterocycles. The first-order chi connectivity index (χ1) is 9.93. The highest BCUT2D eigenvalue weighted by atomic mass is 32.2. The molecule has 0 radical (unpaired) electrons. The van der Waals surface area contributed by atoms with Crippen molar-refractivity contribution >= 4 is 10.0 Å². The van der Waals surface area contributed by atoms with Gasteiger partial charge in [0.05, 0.1) is 10.5 Å². The Morgan fingerprint density at radius 3 is 2.32 bits per heavy atom. The SMILES string of the molecule is C=CCc1ccc(C(F)(F)F)cc1S(=O)(=O)NC(C)(C)CC. The van der Waals surface area contributed by atoms with Crippen LogP contribution in [-0.2, 0) is 22.6 Å². The van der Waals surface area contributed by atoms with Crippen molar-refractivity contribution in [1.82, 2.24) is 4.72 Å². The number of nitrogens with one attached hydrogen (secondary N) is 1. The predicted octanol–water partition coefficient (Wildman–Crippen LogP) is 3.90. The van der Waals surface area contributed by atoms with Gasteiger partial charge in [0.2, 0.25) is 10.0 Å². The van der Waals surface area contributed by atoms with Crippen LogP contribution in [0, 0.1) is 0 Å². The molecule has 0 saturated carbocycles. The van der Waals surface area contributed by atoms with Crippen LogP contribution >= 0.6 is 0 Å². The van der Waals surface area contributed by atoms with E-state index in [1.54, 1.807) is 20.8 Å². The molecular formula is C15H20F3NO2S. The fourth-order valence-electron chi connectivity index (χ4n) is 1.80. The average Bonchev–Trinajstić information content (AvgIpc) is 2.37. The Bertz CT molecular complexity index is 649. The summed E-state index contributed by atoms with van der Waals surface area (Å²) < 4.78 is 65.9. The molecule has 0 unspecified atom stereocenters. The molecule has 22 heavy (non-hydrogen) atoms. The van der Waals surface area contributed by atoms with Crippen LogP contribution < -0.4 is 4.72 Å². The third-order valence-electron chi connectivity index (χ3n) is 3.34. The Morgan fingerprint density at radius 2 is 1.86 bits per heavy atom. The van der Waals surface area contributed by atoms with Gasteiger partial charge in [-0.2, -0.15) is 13.2 Å². The number of hydrogen-bond acceptors (Lipinski definition) is 2. The molecule has 0 heterocycles. The molecule has 0 aliphatic rings. The zero-order valence-corrected chi connectivity index (χ0v) is 13.6. The van der Waals surface area contributed by atoms with Crippen molar-refractivity contribution in [3.8, 4) is 0 Å². The van der Waals surface area contributed by atoms with Crippen LogP contribution in [0.15, 0.2) is 35.7 Å².